The van der Waals surface area contributed by atoms with Crippen molar-refractivity contribution in [3.63, 3.8) is 0 Å². The van der Waals surface area contributed by atoms with Crippen LogP contribution in [0, 0.1) is 23.4 Å². The van der Waals surface area contributed by atoms with Gasteiger partial charge in [0.15, 0.2) is 0 Å². The molecule has 3 aromatic heterocycles. The van der Waals surface area contributed by atoms with Crippen LogP contribution in [0.15, 0.2) is 85.2 Å². The normalized spacial score (nSPS) is 12.3. The van der Waals surface area contributed by atoms with Gasteiger partial charge in [-0.2, -0.15) is 11.3 Å². The molecule has 0 aliphatic carbocycles. The van der Waals surface area contributed by atoms with Gasteiger partial charge in [-0.1, -0.05) is 30.9 Å². The first-order valence-electron chi connectivity index (χ1n) is 15.6. The molecule has 0 unspecified atom stereocenters. The summed E-state index contributed by atoms with van der Waals surface area (Å²) < 4.78 is 25.5. The zero-order chi connectivity index (χ0) is 32.6. The van der Waals surface area contributed by atoms with E-state index in [0.717, 1.165) is 54.7 Å². The molecule has 0 fully saturated rings. The molecule has 45 heavy (non-hydrogen) atoms. The standard InChI is InChI=1S/C20H15FNS.C19H26GeN.Ir/c1-12(2)13-8-9-22-18(10-13)16-5-3-4-15-17-11-14(21)6-7-19(17)23-20(15)16;1-19(2,3)13-16-12-18(15-10-8-7-9-11-15)21-14-17(16)20(4,5)6;/h3-4,6-12H,1-2H3;7-10,12,14H,13H2,1-6H3;/q2*-1;/i12D;;. The van der Waals surface area contributed by atoms with Gasteiger partial charge in [-0.05, 0) is 45.9 Å². The fraction of sp³-hybridized carbons (Fsp3) is 0.282. The zero-order valence-corrected chi connectivity index (χ0v) is 32.6. The molecule has 0 amide bonds. The number of hydrogen-bond donors (Lipinski definition) is 0. The molecule has 0 spiro atoms. The van der Waals surface area contributed by atoms with E-state index in [4.69, 9.17) is 6.35 Å². The Morgan fingerprint density at radius 2 is 1.69 bits per heavy atom. The van der Waals surface area contributed by atoms with Gasteiger partial charge in [0, 0.05) is 32.4 Å². The molecule has 0 aliphatic heterocycles. The predicted octanol–water partition coefficient (Wildman–Crippen LogP) is 10.9. The van der Waals surface area contributed by atoms with Crippen LogP contribution in [0.25, 0.3) is 42.7 Å². The van der Waals surface area contributed by atoms with Crippen LogP contribution in [0.2, 0.25) is 17.3 Å². The van der Waals surface area contributed by atoms with Crippen molar-refractivity contribution in [1.82, 2.24) is 9.97 Å². The summed E-state index contributed by atoms with van der Waals surface area (Å²) in [7, 11) is 0. The first kappa shape index (κ1) is 33.7. The SMILES string of the molecule is CC(C)(C)Cc1cc(-c2[c-]cccc2)nc[c]1[Ge]([CH3])([CH3])[CH3].[2H]C(C)(C)c1ccnc(-c2[c-]ccc3c2sc2ccc(F)cc23)c1.[Ir]. The molecular weight excluding hydrogens is 812 g/mol. The van der Waals surface area contributed by atoms with Gasteiger partial charge in [-0.25, -0.2) is 4.39 Å². The van der Waals surface area contributed by atoms with Crippen molar-refractivity contribution in [2.24, 2.45) is 5.41 Å². The Morgan fingerprint density at radius 1 is 0.911 bits per heavy atom. The minimum atomic E-state index is -1.90. The minimum absolute atomic E-state index is 0. The van der Waals surface area contributed by atoms with Crippen LogP contribution in [-0.2, 0) is 26.5 Å². The molecule has 0 N–H and O–H groups in total. The molecule has 6 rings (SSSR count). The maximum atomic E-state index is 13.6. The molecule has 2 nitrogen and oxygen atoms in total. The summed E-state index contributed by atoms with van der Waals surface area (Å²) in [5.41, 5.74) is 6.51. The molecule has 0 bridgehead atoms. The van der Waals surface area contributed by atoms with Gasteiger partial charge in [0.1, 0.15) is 5.82 Å². The first-order valence-corrected chi connectivity index (χ1v) is 23.2. The maximum Gasteiger partial charge on any atom is 0.123 e. The molecule has 235 valence electrons. The van der Waals surface area contributed by atoms with Crippen LogP contribution in [0.3, 0.4) is 0 Å². The quantitative estimate of drug-likeness (QED) is 0.128. The average Bonchev–Trinajstić information content (AvgIpc) is 3.34. The van der Waals surface area contributed by atoms with E-state index in [-0.39, 0.29) is 25.9 Å². The van der Waals surface area contributed by atoms with E-state index in [2.05, 4.69) is 73.5 Å². The number of benzene rings is 3. The monoisotopic (exact) mass is 856 g/mol. The molecule has 0 saturated carbocycles. The zero-order valence-electron chi connectivity index (χ0n) is 28.3. The number of nitrogens with zero attached hydrogens (tertiary/aromatic N) is 2. The van der Waals surface area contributed by atoms with Crippen LogP contribution >= 0.6 is 11.3 Å². The van der Waals surface area contributed by atoms with Gasteiger partial charge >= 0.3 is 132 Å². The second kappa shape index (κ2) is 14.4. The Kier molecular flexibility index (Phi) is 10.8. The van der Waals surface area contributed by atoms with E-state index < -0.39 is 19.2 Å². The van der Waals surface area contributed by atoms with Gasteiger partial charge in [-0.3, -0.25) is 0 Å². The fourth-order valence-electron chi connectivity index (χ4n) is 5.37. The predicted molar refractivity (Wildman–Crippen MR) is 190 cm³/mol. The van der Waals surface area contributed by atoms with Gasteiger partial charge in [0.05, 0.1) is 0 Å². The van der Waals surface area contributed by atoms with E-state index in [0.29, 0.717) is 5.41 Å². The van der Waals surface area contributed by atoms with Crippen molar-refractivity contribution < 1.29 is 25.9 Å². The number of aromatic nitrogens is 2. The van der Waals surface area contributed by atoms with Gasteiger partial charge in [0.2, 0.25) is 0 Å². The molecule has 0 aliphatic rings. The van der Waals surface area contributed by atoms with Crippen LogP contribution in [0.4, 0.5) is 4.39 Å². The smallest absolute Gasteiger partial charge is 0.123 e. The van der Waals surface area contributed by atoms with E-state index in [9.17, 15) is 4.39 Å². The summed E-state index contributed by atoms with van der Waals surface area (Å²) in [6.07, 6.45) is 4.98. The Balaban J connectivity index is 0.000000207. The van der Waals surface area contributed by atoms with E-state index >= 15 is 0 Å². The molecule has 6 aromatic rings. The average molecular weight is 855 g/mol. The molecule has 1 radical (unpaired) electrons. The molecule has 3 heterocycles. The third-order valence-corrected chi connectivity index (χ3v) is 13.0. The van der Waals surface area contributed by atoms with E-state index in [1.807, 2.05) is 62.4 Å². The summed E-state index contributed by atoms with van der Waals surface area (Å²) in [4.78, 5) is 9.20. The minimum Gasteiger partial charge on any atom is -0.305 e. The first-order chi connectivity index (χ1) is 21.1. The summed E-state index contributed by atoms with van der Waals surface area (Å²) in [6, 6.07) is 29.5. The van der Waals surface area contributed by atoms with Crippen molar-refractivity contribution in [2.45, 2.75) is 64.2 Å². The largest absolute Gasteiger partial charge is 0.305 e. The third kappa shape index (κ3) is 8.57. The molecular formula is C39H41FGeIrN2S-2. The van der Waals surface area contributed by atoms with Crippen molar-refractivity contribution in [3.8, 4) is 22.5 Å². The number of pyridine rings is 2. The molecule has 6 heteroatoms. The van der Waals surface area contributed by atoms with Crippen LogP contribution in [0.5, 0.6) is 0 Å². The van der Waals surface area contributed by atoms with Crippen LogP contribution in [0.1, 0.15) is 53.0 Å². The topological polar surface area (TPSA) is 25.8 Å². The Morgan fingerprint density at radius 3 is 2.36 bits per heavy atom. The summed E-state index contributed by atoms with van der Waals surface area (Å²) in [6.45, 7) is 10.6. The Bertz CT molecular complexity index is 1950. The van der Waals surface area contributed by atoms with Crippen molar-refractivity contribution >= 4 is 49.2 Å². The van der Waals surface area contributed by atoms with E-state index in [1.165, 1.54) is 16.0 Å². The number of rotatable bonds is 5. The van der Waals surface area contributed by atoms with Crippen LogP contribution in [-0.4, -0.2) is 23.2 Å². The second-order valence-electron chi connectivity index (χ2n) is 13.8. The Labute approximate surface area is 289 Å². The second-order valence-corrected chi connectivity index (χ2v) is 25.4. The Hall–Kier alpha value is -2.70. The van der Waals surface area contributed by atoms with Crippen molar-refractivity contribution in [1.29, 1.82) is 0 Å². The summed E-state index contributed by atoms with van der Waals surface area (Å²) >= 11 is -0.276. The van der Waals surface area contributed by atoms with Crippen LogP contribution < -0.4 is 4.40 Å². The molecule has 0 atom stereocenters. The van der Waals surface area contributed by atoms with Gasteiger partial charge in [0.25, 0.3) is 0 Å². The maximum absolute atomic E-state index is 13.6. The summed E-state index contributed by atoms with van der Waals surface area (Å²) in [5.74, 6) is 6.41. The number of hydrogen-bond acceptors (Lipinski definition) is 3. The van der Waals surface area contributed by atoms with E-state index in [1.54, 1.807) is 23.6 Å². The summed E-state index contributed by atoms with van der Waals surface area (Å²) in [5, 5.41) is 1.93. The fourth-order valence-corrected chi connectivity index (χ4v) is 9.87. The van der Waals surface area contributed by atoms with Gasteiger partial charge in [-0.15, -0.1) is 23.8 Å². The number of fused-ring (bicyclic) bond motifs is 3. The van der Waals surface area contributed by atoms with Gasteiger partial charge < -0.3 is 4.98 Å². The van der Waals surface area contributed by atoms with Crippen molar-refractivity contribution in [3.05, 3.63) is 114 Å². The third-order valence-electron chi connectivity index (χ3n) is 7.49. The molecule has 3 aromatic carbocycles. The van der Waals surface area contributed by atoms with Crippen molar-refractivity contribution in [2.75, 3.05) is 0 Å². The number of thiophene rings is 1. The molecule has 0 saturated heterocycles. The number of halogens is 1.